The number of halogens is 1. The summed E-state index contributed by atoms with van der Waals surface area (Å²) in [6, 6.07) is 4.44. The Morgan fingerprint density at radius 3 is 2.74 bits per heavy atom. The van der Waals surface area contributed by atoms with E-state index in [1.165, 1.54) is 29.8 Å². The number of benzene rings is 1. The molecule has 0 aliphatic carbocycles. The highest BCUT2D eigenvalue weighted by molar-refractivity contribution is 8.23. The van der Waals surface area contributed by atoms with Crippen LogP contribution >= 0.6 is 10.9 Å². The molecule has 0 radical (unpaired) electrons. The number of allylic oxidation sites excluding steroid dienone is 2. The summed E-state index contributed by atoms with van der Waals surface area (Å²) in [5.41, 5.74) is 1.66. The minimum atomic E-state index is -0.564. The molecule has 2 aliphatic heterocycles. The van der Waals surface area contributed by atoms with Gasteiger partial charge in [0, 0.05) is 17.5 Å². The second-order valence-corrected chi connectivity index (χ2v) is 7.65. The van der Waals surface area contributed by atoms with Gasteiger partial charge in [-0.3, -0.25) is 4.79 Å². The summed E-state index contributed by atoms with van der Waals surface area (Å²) in [7, 11) is -0.564. The maximum absolute atomic E-state index is 12.9. The molecule has 1 fully saturated rings. The second kappa shape index (κ2) is 6.45. The number of amides is 3. The van der Waals surface area contributed by atoms with E-state index < -0.39 is 23.0 Å². The molecule has 1 aromatic carbocycles. The minimum absolute atomic E-state index is 0.0465. The van der Waals surface area contributed by atoms with Crippen LogP contribution in [0.15, 0.2) is 46.7 Å². The van der Waals surface area contributed by atoms with Crippen LogP contribution in [0, 0.1) is 5.82 Å². The van der Waals surface area contributed by atoms with Gasteiger partial charge >= 0.3 is 6.03 Å². The molecule has 0 aromatic heterocycles. The number of hydrogen-bond acceptors (Lipinski definition) is 2. The van der Waals surface area contributed by atoms with Crippen LogP contribution in [0.5, 0.6) is 0 Å². The summed E-state index contributed by atoms with van der Waals surface area (Å²) >= 11 is 0. The molecule has 122 valence electrons. The summed E-state index contributed by atoms with van der Waals surface area (Å²) < 4.78 is 12.9. The molecule has 1 saturated heterocycles. The third-order valence-corrected chi connectivity index (χ3v) is 6.23. The van der Waals surface area contributed by atoms with Gasteiger partial charge < -0.3 is 16.0 Å². The maximum atomic E-state index is 12.9. The molecule has 1 unspecified atom stereocenters. The molecule has 5 nitrogen and oxygen atoms in total. The standard InChI is InChI=1S/C16H18FN3O2S/c1-10-6-7-23(9-10)13-8-18-15(21)14(13)20-16(22)19-12-4-2-11(17)3-5-12/h2-7,9,13-14,23H,8H2,1H3,(H,18,21)(H2,19,20,22)/t13-,14-/m1/s1. The first kappa shape index (κ1) is 15.6. The predicted molar refractivity (Wildman–Crippen MR) is 91.0 cm³/mol. The number of urea groups is 1. The van der Waals surface area contributed by atoms with Gasteiger partial charge in [-0.05, 0) is 47.6 Å². The molecular weight excluding hydrogens is 317 g/mol. The maximum Gasteiger partial charge on any atom is 0.319 e. The molecular formula is C16H18FN3O2S. The highest BCUT2D eigenvalue weighted by Gasteiger charge is 2.38. The number of anilines is 1. The van der Waals surface area contributed by atoms with Crippen LogP contribution in [0.25, 0.3) is 0 Å². The Labute approximate surface area is 136 Å². The highest BCUT2D eigenvalue weighted by atomic mass is 32.2. The fourth-order valence-electron chi connectivity index (χ4n) is 2.62. The zero-order chi connectivity index (χ0) is 16.4. The fourth-order valence-corrected chi connectivity index (χ4v) is 4.94. The minimum Gasteiger partial charge on any atom is -0.353 e. The molecule has 23 heavy (non-hydrogen) atoms. The van der Waals surface area contributed by atoms with Crippen LogP contribution in [0.4, 0.5) is 14.9 Å². The van der Waals surface area contributed by atoms with Gasteiger partial charge in [0.25, 0.3) is 0 Å². The van der Waals surface area contributed by atoms with Gasteiger partial charge in [0.15, 0.2) is 0 Å². The summed E-state index contributed by atoms with van der Waals surface area (Å²) in [5, 5.41) is 12.5. The van der Waals surface area contributed by atoms with Crippen molar-refractivity contribution in [3.63, 3.8) is 0 Å². The van der Waals surface area contributed by atoms with Crippen molar-refractivity contribution < 1.29 is 14.0 Å². The molecule has 7 heteroatoms. The smallest absolute Gasteiger partial charge is 0.319 e. The Balaban J connectivity index is 1.65. The number of carbonyl (C=O) groups is 2. The van der Waals surface area contributed by atoms with Crippen molar-refractivity contribution in [3.05, 3.63) is 52.5 Å². The summed E-state index contributed by atoms with van der Waals surface area (Å²) in [5.74, 6) is -0.540. The van der Waals surface area contributed by atoms with Crippen molar-refractivity contribution in [1.29, 1.82) is 0 Å². The first-order valence-corrected chi connectivity index (χ1v) is 8.83. The van der Waals surface area contributed by atoms with Crippen molar-refractivity contribution >= 4 is 28.5 Å². The van der Waals surface area contributed by atoms with Crippen LogP contribution < -0.4 is 16.0 Å². The zero-order valence-electron chi connectivity index (χ0n) is 12.5. The van der Waals surface area contributed by atoms with Crippen LogP contribution in [-0.4, -0.2) is 29.8 Å². The monoisotopic (exact) mass is 335 g/mol. The summed E-state index contributed by atoms with van der Waals surface area (Å²) in [6.45, 7) is 2.58. The van der Waals surface area contributed by atoms with Crippen molar-refractivity contribution in [2.75, 3.05) is 11.9 Å². The second-order valence-electron chi connectivity index (χ2n) is 5.53. The van der Waals surface area contributed by atoms with Gasteiger partial charge in [0.2, 0.25) is 5.91 Å². The zero-order valence-corrected chi connectivity index (χ0v) is 13.4. The molecule has 0 saturated carbocycles. The Hall–Kier alpha value is -2.28. The average molecular weight is 335 g/mol. The van der Waals surface area contributed by atoms with Crippen molar-refractivity contribution in [1.82, 2.24) is 10.6 Å². The lowest BCUT2D eigenvalue weighted by molar-refractivity contribution is -0.120. The van der Waals surface area contributed by atoms with Crippen molar-refractivity contribution in [3.8, 4) is 0 Å². The molecule has 3 atom stereocenters. The van der Waals surface area contributed by atoms with Gasteiger partial charge in [-0.25, -0.2) is 20.1 Å². The molecule has 2 heterocycles. The van der Waals surface area contributed by atoms with E-state index in [4.69, 9.17) is 0 Å². The van der Waals surface area contributed by atoms with E-state index in [-0.39, 0.29) is 17.0 Å². The van der Waals surface area contributed by atoms with Crippen LogP contribution in [-0.2, 0) is 4.79 Å². The van der Waals surface area contributed by atoms with E-state index in [1.807, 2.05) is 13.0 Å². The molecule has 0 bridgehead atoms. The Morgan fingerprint density at radius 2 is 2.09 bits per heavy atom. The Kier molecular flexibility index (Phi) is 4.38. The molecule has 1 aromatic rings. The molecule has 0 spiro atoms. The van der Waals surface area contributed by atoms with Crippen molar-refractivity contribution in [2.45, 2.75) is 18.2 Å². The topological polar surface area (TPSA) is 70.2 Å². The highest BCUT2D eigenvalue weighted by Crippen LogP contribution is 2.43. The van der Waals surface area contributed by atoms with Gasteiger partial charge in [0.05, 0.1) is 0 Å². The molecule has 3 rings (SSSR count). The van der Waals surface area contributed by atoms with E-state index in [1.54, 1.807) is 0 Å². The largest absolute Gasteiger partial charge is 0.353 e. The Morgan fingerprint density at radius 1 is 1.35 bits per heavy atom. The molecule has 3 N–H and O–H groups in total. The predicted octanol–water partition coefficient (Wildman–Crippen LogP) is 2.25. The number of nitrogens with one attached hydrogen (secondary N) is 3. The van der Waals surface area contributed by atoms with Gasteiger partial charge in [-0.2, -0.15) is 0 Å². The van der Waals surface area contributed by atoms with E-state index in [0.29, 0.717) is 12.2 Å². The number of thiol groups is 1. The summed E-state index contributed by atoms with van der Waals surface area (Å²) in [4.78, 5) is 24.1. The molecule has 3 amide bonds. The number of hydrogen-bond donors (Lipinski definition) is 4. The quantitative estimate of drug-likeness (QED) is 0.640. The lowest BCUT2D eigenvalue weighted by Gasteiger charge is -2.24. The SMILES string of the molecule is CC1=C[SH]([C@@H]2CNC(=O)[C@@H]2NC(=O)Nc2ccc(F)cc2)C=C1. The normalized spacial score (nSPS) is 27.5. The van der Waals surface area contributed by atoms with Crippen LogP contribution in [0.2, 0.25) is 0 Å². The third kappa shape index (κ3) is 3.56. The van der Waals surface area contributed by atoms with E-state index >= 15 is 0 Å². The van der Waals surface area contributed by atoms with Crippen LogP contribution in [0.3, 0.4) is 0 Å². The van der Waals surface area contributed by atoms with E-state index in [0.717, 1.165) is 0 Å². The van der Waals surface area contributed by atoms with Crippen molar-refractivity contribution in [2.24, 2.45) is 0 Å². The molecule has 2 aliphatic rings. The van der Waals surface area contributed by atoms with E-state index in [9.17, 15) is 14.0 Å². The third-order valence-electron chi connectivity index (χ3n) is 3.79. The lowest BCUT2D eigenvalue weighted by Crippen LogP contribution is -2.46. The number of rotatable bonds is 3. The lowest BCUT2D eigenvalue weighted by atomic mass is 10.2. The van der Waals surface area contributed by atoms with Gasteiger partial charge in [-0.15, -0.1) is 0 Å². The Bertz CT molecular complexity index is 687. The number of carbonyl (C=O) groups excluding carboxylic acids is 2. The first-order valence-electron chi connectivity index (χ1n) is 7.28. The average Bonchev–Trinajstić information content (AvgIpc) is 3.09. The summed E-state index contributed by atoms with van der Waals surface area (Å²) in [6.07, 6.45) is 2.05. The van der Waals surface area contributed by atoms with E-state index in [2.05, 4.69) is 26.8 Å². The van der Waals surface area contributed by atoms with Gasteiger partial charge in [-0.1, -0.05) is 6.08 Å². The fraction of sp³-hybridized carbons (Fsp3) is 0.250. The van der Waals surface area contributed by atoms with Gasteiger partial charge in [0.1, 0.15) is 11.9 Å². The van der Waals surface area contributed by atoms with Crippen LogP contribution in [0.1, 0.15) is 6.92 Å². The first-order chi connectivity index (χ1) is 11.0.